The van der Waals surface area contributed by atoms with Gasteiger partial charge in [0.25, 0.3) is 0 Å². The molecule has 0 bridgehead atoms. The van der Waals surface area contributed by atoms with Gasteiger partial charge in [0.05, 0.1) is 11.4 Å². The zero-order valence-electron chi connectivity index (χ0n) is 13.3. The van der Waals surface area contributed by atoms with E-state index in [1.165, 1.54) is 0 Å². The minimum Gasteiger partial charge on any atom is -0.416 e. The molecule has 0 fully saturated rings. The van der Waals surface area contributed by atoms with Crippen molar-refractivity contribution in [3.63, 3.8) is 0 Å². The van der Waals surface area contributed by atoms with Crippen LogP contribution in [0.5, 0.6) is 0 Å². The Morgan fingerprint density at radius 1 is 1.32 bits per heavy atom. The number of aryl methyl sites for hydroxylation is 2. The fourth-order valence-electron chi connectivity index (χ4n) is 1.45. The van der Waals surface area contributed by atoms with E-state index in [9.17, 15) is 0 Å². The van der Waals surface area contributed by atoms with E-state index in [0.29, 0.717) is 6.61 Å². The van der Waals surface area contributed by atoms with Crippen molar-refractivity contribution in [1.82, 2.24) is 9.78 Å². The third kappa shape index (κ3) is 4.52. The van der Waals surface area contributed by atoms with Gasteiger partial charge in [0.2, 0.25) is 0 Å². The first-order chi connectivity index (χ1) is 8.63. The topological polar surface area (TPSA) is 27.1 Å². The quantitative estimate of drug-likeness (QED) is 0.479. The lowest BCUT2D eigenvalue weighted by atomic mass is 10.2. The summed E-state index contributed by atoms with van der Waals surface area (Å²) in [7, 11) is -1.63. The van der Waals surface area contributed by atoms with Crippen molar-refractivity contribution in [2.45, 2.75) is 59.2 Å². The number of nitrogens with zero attached hydrogens (tertiary/aromatic N) is 2. The van der Waals surface area contributed by atoms with Gasteiger partial charge in [-0.2, -0.15) is 9.78 Å². The molecule has 106 valence electrons. The van der Waals surface area contributed by atoms with Crippen molar-refractivity contribution >= 4 is 8.32 Å². The Labute approximate surface area is 118 Å². The summed E-state index contributed by atoms with van der Waals surface area (Å²) in [5.41, 5.74) is 2.08. The largest absolute Gasteiger partial charge is 0.416 e. The second-order valence-corrected chi connectivity index (χ2v) is 11.3. The van der Waals surface area contributed by atoms with E-state index in [2.05, 4.69) is 50.9 Å². The van der Waals surface area contributed by atoms with Gasteiger partial charge in [-0.15, -0.1) is 0 Å². The van der Waals surface area contributed by atoms with E-state index in [4.69, 9.17) is 4.43 Å². The van der Waals surface area contributed by atoms with Gasteiger partial charge >= 0.3 is 0 Å². The Morgan fingerprint density at radius 2 is 1.95 bits per heavy atom. The lowest BCUT2D eigenvalue weighted by Crippen LogP contribution is -2.40. The highest BCUT2D eigenvalue weighted by Gasteiger charge is 2.36. The summed E-state index contributed by atoms with van der Waals surface area (Å²) < 4.78 is 7.81. The molecule has 0 radical (unpaired) electrons. The van der Waals surface area contributed by atoms with Crippen molar-refractivity contribution in [2.75, 3.05) is 6.61 Å². The molecule has 0 aliphatic heterocycles. The number of aromatic nitrogens is 2. The molecule has 4 heteroatoms. The summed E-state index contributed by atoms with van der Waals surface area (Å²) in [6.45, 7) is 16.0. The molecule has 0 aliphatic carbocycles. The van der Waals surface area contributed by atoms with E-state index in [-0.39, 0.29) is 5.04 Å². The van der Waals surface area contributed by atoms with Gasteiger partial charge in [-0.05, 0) is 38.0 Å². The summed E-state index contributed by atoms with van der Waals surface area (Å²) in [6.07, 6.45) is 0.755. The molecule has 0 saturated carbocycles. The van der Waals surface area contributed by atoms with Crippen LogP contribution in [0.25, 0.3) is 0 Å². The predicted molar refractivity (Wildman–Crippen MR) is 82.6 cm³/mol. The van der Waals surface area contributed by atoms with Crippen molar-refractivity contribution < 1.29 is 4.43 Å². The molecule has 0 N–H and O–H groups in total. The zero-order chi connectivity index (χ0) is 14.7. The standard InChI is InChI=1S/C15H26N2OSi/c1-13-12-14(2)17(16-13)10-8-9-11-18-19(6,7)15(3,4)5/h12H,9,11H2,1-7H3. The van der Waals surface area contributed by atoms with E-state index in [1.807, 2.05) is 19.9 Å². The molecule has 0 aromatic carbocycles. The van der Waals surface area contributed by atoms with E-state index < -0.39 is 8.32 Å². The highest BCUT2D eigenvalue weighted by molar-refractivity contribution is 6.74. The van der Waals surface area contributed by atoms with E-state index in [0.717, 1.165) is 17.8 Å². The van der Waals surface area contributed by atoms with Crippen LogP contribution in [0, 0.1) is 25.8 Å². The summed E-state index contributed by atoms with van der Waals surface area (Å²) in [4.78, 5) is 0. The van der Waals surface area contributed by atoms with Crippen LogP contribution in [0.15, 0.2) is 6.07 Å². The summed E-state index contributed by atoms with van der Waals surface area (Å²) in [5, 5.41) is 4.57. The van der Waals surface area contributed by atoms with Crippen LogP contribution in [0.4, 0.5) is 0 Å². The Hall–Kier alpha value is -1.05. The Kier molecular flexibility index (Phi) is 5.00. The van der Waals surface area contributed by atoms with Gasteiger partial charge in [-0.25, -0.2) is 0 Å². The van der Waals surface area contributed by atoms with E-state index >= 15 is 0 Å². The molecule has 19 heavy (non-hydrogen) atoms. The second-order valence-electron chi connectivity index (χ2n) is 6.49. The van der Waals surface area contributed by atoms with Crippen LogP contribution in [-0.2, 0) is 4.43 Å². The molecule has 0 aliphatic rings. The number of rotatable bonds is 3. The average molecular weight is 278 g/mol. The van der Waals surface area contributed by atoms with Crippen molar-refractivity contribution in [3.8, 4) is 12.0 Å². The minimum atomic E-state index is -1.63. The molecule has 0 spiro atoms. The highest BCUT2D eigenvalue weighted by atomic mass is 28.4. The minimum absolute atomic E-state index is 0.260. The maximum Gasteiger partial charge on any atom is 0.192 e. The lowest BCUT2D eigenvalue weighted by molar-refractivity contribution is 0.296. The van der Waals surface area contributed by atoms with Crippen molar-refractivity contribution in [1.29, 1.82) is 0 Å². The van der Waals surface area contributed by atoms with Crippen molar-refractivity contribution in [3.05, 3.63) is 17.5 Å². The third-order valence-corrected chi connectivity index (χ3v) is 8.23. The number of hydrogen-bond acceptors (Lipinski definition) is 2. The molecule has 0 amide bonds. The molecule has 1 rings (SSSR count). The lowest BCUT2D eigenvalue weighted by Gasteiger charge is -2.35. The molecular formula is C15H26N2OSi. The van der Waals surface area contributed by atoms with Crippen LogP contribution >= 0.6 is 0 Å². The third-order valence-electron chi connectivity index (χ3n) is 3.69. The Bertz CT molecular complexity index is 486. The second kappa shape index (κ2) is 5.94. The van der Waals surface area contributed by atoms with Gasteiger partial charge in [-0.3, -0.25) is 0 Å². The van der Waals surface area contributed by atoms with Crippen LogP contribution in [0.1, 0.15) is 38.6 Å². The molecule has 1 heterocycles. The van der Waals surface area contributed by atoms with Crippen LogP contribution in [0.3, 0.4) is 0 Å². The SMILES string of the molecule is Cc1cc(C)n(C#CCCO[Si](C)(C)C(C)(C)C)n1. The molecule has 0 saturated heterocycles. The first-order valence-electron chi connectivity index (χ1n) is 6.79. The normalized spacial score (nSPS) is 12.2. The van der Waals surface area contributed by atoms with Crippen molar-refractivity contribution in [2.24, 2.45) is 0 Å². The highest BCUT2D eigenvalue weighted by Crippen LogP contribution is 2.36. The Balaban J connectivity index is 2.47. The predicted octanol–water partition coefficient (Wildman–Crippen LogP) is 3.72. The van der Waals surface area contributed by atoms with Gasteiger partial charge in [0.15, 0.2) is 8.32 Å². The van der Waals surface area contributed by atoms with Crippen LogP contribution < -0.4 is 0 Å². The maximum atomic E-state index is 6.07. The number of hydrogen-bond donors (Lipinski definition) is 0. The maximum absolute atomic E-state index is 6.07. The van der Waals surface area contributed by atoms with Crippen LogP contribution in [-0.4, -0.2) is 24.7 Å². The van der Waals surface area contributed by atoms with E-state index in [1.54, 1.807) is 4.68 Å². The summed E-state index contributed by atoms with van der Waals surface area (Å²) >= 11 is 0. The molecule has 0 atom stereocenters. The summed E-state index contributed by atoms with van der Waals surface area (Å²) in [5.74, 6) is 3.13. The molecule has 1 aromatic rings. The molecule has 3 nitrogen and oxygen atoms in total. The fourth-order valence-corrected chi connectivity index (χ4v) is 2.49. The van der Waals surface area contributed by atoms with Gasteiger partial charge in [0, 0.05) is 19.1 Å². The van der Waals surface area contributed by atoms with Crippen LogP contribution in [0.2, 0.25) is 18.1 Å². The average Bonchev–Trinajstić information content (AvgIpc) is 2.55. The monoisotopic (exact) mass is 278 g/mol. The smallest absolute Gasteiger partial charge is 0.192 e. The fraction of sp³-hybridized carbons (Fsp3) is 0.667. The van der Waals surface area contributed by atoms with Gasteiger partial charge in [-0.1, -0.05) is 26.7 Å². The first kappa shape index (κ1) is 16.0. The molecular weight excluding hydrogens is 252 g/mol. The van der Waals surface area contributed by atoms with Gasteiger partial charge < -0.3 is 4.43 Å². The summed E-state index contributed by atoms with van der Waals surface area (Å²) in [6, 6.07) is 5.08. The Morgan fingerprint density at radius 3 is 2.42 bits per heavy atom. The van der Waals surface area contributed by atoms with Gasteiger partial charge in [0.1, 0.15) is 0 Å². The zero-order valence-corrected chi connectivity index (χ0v) is 14.3. The first-order valence-corrected chi connectivity index (χ1v) is 9.70. The molecule has 1 aromatic heterocycles. The molecule has 0 unspecified atom stereocenters.